The molecule has 3 N–H and O–H groups in total. The molecule has 4 rings (SSSR count). The Hall–Kier alpha value is -3.69. The Morgan fingerprint density at radius 1 is 1.08 bits per heavy atom. The van der Waals surface area contributed by atoms with Crippen molar-refractivity contribution in [3.63, 3.8) is 0 Å². The van der Waals surface area contributed by atoms with Gasteiger partial charge < -0.3 is 25.4 Å². The molecule has 194 valence electrons. The third-order valence-electron chi connectivity index (χ3n) is 6.20. The molecule has 0 saturated carbocycles. The molecule has 2 aromatic heterocycles. The fraction of sp³-hybridized carbons (Fsp3) is 0.321. The summed E-state index contributed by atoms with van der Waals surface area (Å²) in [6.45, 7) is 3.98. The number of nitrogens with zero attached hydrogens (tertiary/aromatic N) is 3. The lowest BCUT2D eigenvalue weighted by Crippen LogP contribution is -2.41. The van der Waals surface area contributed by atoms with Gasteiger partial charge in [0.2, 0.25) is 5.91 Å². The lowest BCUT2D eigenvalue weighted by molar-refractivity contribution is -0.130. The molecule has 2 atom stereocenters. The zero-order valence-corrected chi connectivity index (χ0v) is 22.8. The number of carbonyl (C=O) groups is 1. The molecular formula is C28H33N5O3S. The van der Waals surface area contributed by atoms with E-state index < -0.39 is 6.04 Å². The second-order valence-corrected chi connectivity index (χ2v) is 10.2. The van der Waals surface area contributed by atoms with E-state index in [2.05, 4.69) is 40.4 Å². The first-order valence-electron chi connectivity index (χ1n) is 12.0. The summed E-state index contributed by atoms with van der Waals surface area (Å²) in [6, 6.07) is 15.5. The number of nitrogens with two attached hydrogens (primary N) is 1. The number of amides is 1. The third-order valence-corrected chi connectivity index (χ3v) is 7.50. The molecule has 9 heteroatoms. The van der Waals surface area contributed by atoms with Crippen molar-refractivity contribution in [3.8, 4) is 21.9 Å². The summed E-state index contributed by atoms with van der Waals surface area (Å²) in [6.07, 6.45) is 0.478. The van der Waals surface area contributed by atoms with E-state index >= 15 is 0 Å². The van der Waals surface area contributed by atoms with Crippen molar-refractivity contribution in [1.82, 2.24) is 14.9 Å². The van der Waals surface area contributed by atoms with Crippen molar-refractivity contribution in [2.24, 2.45) is 5.73 Å². The second kappa shape index (κ2) is 11.1. The van der Waals surface area contributed by atoms with E-state index in [9.17, 15) is 4.79 Å². The van der Waals surface area contributed by atoms with E-state index in [1.54, 1.807) is 39.7 Å². The molecule has 2 heterocycles. The minimum absolute atomic E-state index is 0.00548. The number of hydrogen-bond acceptors (Lipinski definition) is 8. The summed E-state index contributed by atoms with van der Waals surface area (Å²) in [5.74, 6) is 2.57. The predicted molar refractivity (Wildman–Crippen MR) is 150 cm³/mol. The number of methoxy groups -OCH3 is 2. The number of aryl methyl sites for hydroxylation is 1. The molecule has 0 fully saturated rings. The van der Waals surface area contributed by atoms with Crippen LogP contribution in [0.15, 0.2) is 48.5 Å². The number of fused-ring (bicyclic) bond motifs is 1. The molecule has 0 aliphatic heterocycles. The number of hydrogen-bond donors (Lipinski definition) is 2. The van der Waals surface area contributed by atoms with Crippen LogP contribution in [0.4, 0.5) is 5.82 Å². The molecule has 4 aromatic rings. The van der Waals surface area contributed by atoms with E-state index in [1.165, 1.54) is 4.90 Å². The maximum atomic E-state index is 12.3. The predicted octanol–water partition coefficient (Wildman–Crippen LogP) is 4.82. The summed E-state index contributed by atoms with van der Waals surface area (Å²) in [4.78, 5) is 25.4. The van der Waals surface area contributed by atoms with Crippen molar-refractivity contribution in [1.29, 1.82) is 0 Å². The first kappa shape index (κ1) is 26.4. The Kier molecular flexibility index (Phi) is 7.94. The number of carbonyl (C=O) groups excluding carboxylic acids is 1. The largest absolute Gasteiger partial charge is 0.493 e. The van der Waals surface area contributed by atoms with Gasteiger partial charge in [0.1, 0.15) is 11.6 Å². The minimum atomic E-state index is -0.582. The molecule has 8 nitrogen and oxygen atoms in total. The van der Waals surface area contributed by atoms with Gasteiger partial charge in [0.15, 0.2) is 11.5 Å². The van der Waals surface area contributed by atoms with Crippen LogP contribution in [0, 0.1) is 6.92 Å². The highest BCUT2D eigenvalue weighted by molar-refractivity contribution is 7.15. The van der Waals surface area contributed by atoms with Gasteiger partial charge >= 0.3 is 0 Å². The van der Waals surface area contributed by atoms with Crippen molar-refractivity contribution in [2.45, 2.75) is 32.4 Å². The molecule has 2 unspecified atom stereocenters. The van der Waals surface area contributed by atoms with Gasteiger partial charge in [-0.15, -0.1) is 11.3 Å². The average Bonchev–Trinajstić information content (AvgIpc) is 3.38. The maximum absolute atomic E-state index is 12.3. The number of ether oxygens (including phenoxy) is 2. The molecule has 2 aromatic carbocycles. The van der Waals surface area contributed by atoms with Gasteiger partial charge in [0.25, 0.3) is 0 Å². The average molecular weight is 520 g/mol. The van der Waals surface area contributed by atoms with Gasteiger partial charge in [-0.2, -0.15) is 0 Å². The van der Waals surface area contributed by atoms with Crippen molar-refractivity contribution >= 4 is 34.0 Å². The zero-order valence-electron chi connectivity index (χ0n) is 22.0. The van der Waals surface area contributed by atoms with Crippen LogP contribution in [0.25, 0.3) is 21.3 Å². The lowest BCUT2D eigenvalue weighted by atomic mass is 9.99. The van der Waals surface area contributed by atoms with E-state index in [4.69, 9.17) is 15.2 Å². The van der Waals surface area contributed by atoms with E-state index in [0.29, 0.717) is 23.7 Å². The molecule has 0 aliphatic carbocycles. The first-order chi connectivity index (χ1) is 17.7. The van der Waals surface area contributed by atoms with Crippen LogP contribution in [0.1, 0.15) is 29.2 Å². The highest BCUT2D eigenvalue weighted by Crippen LogP contribution is 2.37. The van der Waals surface area contributed by atoms with Crippen LogP contribution >= 0.6 is 11.3 Å². The Morgan fingerprint density at radius 3 is 2.49 bits per heavy atom. The van der Waals surface area contributed by atoms with Crippen LogP contribution in [0.5, 0.6) is 11.5 Å². The fourth-order valence-electron chi connectivity index (χ4n) is 4.28. The van der Waals surface area contributed by atoms with Crippen LogP contribution in [0.2, 0.25) is 0 Å². The normalized spacial score (nSPS) is 12.7. The number of benzene rings is 2. The summed E-state index contributed by atoms with van der Waals surface area (Å²) in [5.41, 5.74) is 9.13. The second-order valence-electron chi connectivity index (χ2n) is 9.11. The van der Waals surface area contributed by atoms with Crippen LogP contribution in [0.3, 0.4) is 0 Å². The standard InChI is InChI=1S/C28H33N5O3S/c1-16(30-27-20-14-23(35-5)24(36-6)15-22(20)31-17(2)32-27)25-11-12-26(37-25)19-10-8-7-9-18(19)13-21(29)28(34)33(3)4/h7-12,14-16,21H,13,29H2,1-6H3,(H,30,31,32). The van der Waals surface area contributed by atoms with Crippen molar-refractivity contribution < 1.29 is 14.3 Å². The van der Waals surface area contributed by atoms with Crippen molar-refractivity contribution in [2.75, 3.05) is 33.6 Å². The van der Waals surface area contributed by atoms with Gasteiger partial charge in [-0.1, -0.05) is 24.3 Å². The van der Waals surface area contributed by atoms with E-state index in [1.807, 2.05) is 37.3 Å². The summed E-state index contributed by atoms with van der Waals surface area (Å²) >= 11 is 1.71. The van der Waals surface area contributed by atoms with Gasteiger partial charge in [0, 0.05) is 35.3 Å². The molecule has 0 aliphatic rings. The molecule has 0 bridgehead atoms. The smallest absolute Gasteiger partial charge is 0.239 e. The van der Waals surface area contributed by atoms with Crippen LogP contribution in [-0.2, 0) is 11.2 Å². The van der Waals surface area contributed by atoms with Crippen LogP contribution < -0.4 is 20.5 Å². The number of thiophene rings is 1. The lowest BCUT2D eigenvalue weighted by Gasteiger charge is -2.18. The Morgan fingerprint density at radius 2 is 1.78 bits per heavy atom. The third kappa shape index (κ3) is 5.68. The quantitative estimate of drug-likeness (QED) is 0.327. The highest BCUT2D eigenvalue weighted by atomic mass is 32.1. The Labute approximate surface area is 221 Å². The zero-order chi connectivity index (χ0) is 26.7. The fourth-order valence-corrected chi connectivity index (χ4v) is 5.35. The molecule has 0 radical (unpaired) electrons. The molecular weight excluding hydrogens is 486 g/mol. The topological polar surface area (TPSA) is 103 Å². The monoisotopic (exact) mass is 519 g/mol. The molecule has 1 amide bonds. The SMILES string of the molecule is COc1cc2nc(C)nc(NC(C)c3ccc(-c4ccccc4CC(N)C(=O)N(C)C)s3)c2cc1OC. The first-order valence-corrected chi connectivity index (χ1v) is 12.8. The summed E-state index contributed by atoms with van der Waals surface area (Å²) in [5, 5.41) is 4.42. The maximum Gasteiger partial charge on any atom is 0.239 e. The summed E-state index contributed by atoms with van der Waals surface area (Å²) in [7, 11) is 6.67. The van der Waals surface area contributed by atoms with Gasteiger partial charge in [-0.05, 0) is 49.6 Å². The van der Waals surface area contributed by atoms with Crippen molar-refractivity contribution in [3.05, 3.63) is 64.8 Å². The van der Waals surface area contributed by atoms with Gasteiger partial charge in [-0.3, -0.25) is 4.79 Å². The van der Waals surface area contributed by atoms with Crippen LogP contribution in [-0.4, -0.2) is 55.1 Å². The minimum Gasteiger partial charge on any atom is -0.493 e. The van der Waals surface area contributed by atoms with Gasteiger partial charge in [0.05, 0.1) is 31.8 Å². The number of aromatic nitrogens is 2. The summed E-state index contributed by atoms with van der Waals surface area (Å²) < 4.78 is 10.9. The Balaban J connectivity index is 1.61. The van der Waals surface area contributed by atoms with E-state index in [-0.39, 0.29) is 11.9 Å². The molecule has 0 saturated heterocycles. The number of rotatable bonds is 9. The van der Waals surface area contributed by atoms with E-state index in [0.717, 1.165) is 37.6 Å². The Bertz CT molecular complexity index is 1420. The van der Waals surface area contributed by atoms with Gasteiger partial charge in [-0.25, -0.2) is 9.97 Å². The highest BCUT2D eigenvalue weighted by Gasteiger charge is 2.20. The molecule has 37 heavy (non-hydrogen) atoms. The number of likely N-dealkylation sites (N-methyl/N-ethyl adjacent to an activating group) is 1. The number of anilines is 1. The molecule has 0 spiro atoms. The number of nitrogens with one attached hydrogen (secondary N) is 1.